The van der Waals surface area contributed by atoms with Crippen molar-refractivity contribution in [3.05, 3.63) is 0 Å². The van der Waals surface area contributed by atoms with Crippen molar-refractivity contribution >= 4 is 5.84 Å². The fraction of sp³-hybridized carbons (Fsp3) is 0.923. The Balaban J connectivity index is 1.94. The minimum absolute atomic E-state index is 0.527. The van der Waals surface area contributed by atoms with E-state index in [1.54, 1.807) is 0 Å². The number of nitrogens with two attached hydrogens (primary N) is 1. The predicted molar refractivity (Wildman–Crippen MR) is 65.0 cm³/mol. The molecule has 2 heteroatoms. The molecule has 0 radical (unpaired) electrons. The van der Waals surface area contributed by atoms with Crippen LogP contribution in [-0.4, -0.2) is 11.9 Å². The van der Waals surface area contributed by atoms with E-state index < -0.39 is 0 Å². The van der Waals surface area contributed by atoms with Gasteiger partial charge in [0, 0.05) is 5.92 Å². The zero-order valence-corrected chi connectivity index (χ0v) is 9.91. The summed E-state index contributed by atoms with van der Waals surface area (Å²) in [6, 6.07) is 0.527. The van der Waals surface area contributed by atoms with Gasteiger partial charge < -0.3 is 5.73 Å². The first-order chi connectivity index (χ1) is 7.27. The van der Waals surface area contributed by atoms with E-state index in [1.807, 2.05) is 0 Å². The second-order valence-electron chi connectivity index (χ2n) is 5.36. The van der Waals surface area contributed by atoms with E-state index in [0.29, 0.717) is 12.0 Å². The zero-order valence-electron chi connectivity index (χ0n) is 9.91. The maximum absolute atomic E-state index is 6.12. The summed E-state index contributed by atoms with van der Waals surface area (Å²) in [6.07, 6.45) is 10.6. The molecule has 2 saturated carbocycles. The van der Waals surface area contributed by atoms with Crippen LogP contribution in [0.2, 0.25) is 0 Å². The van der Waals surface area contributed by atoms with Crippen molar-refractivity contribution in [1.29, 1.82) is 0 Å². The first-order valence-electron chi connectivity index (χ1n) is 6.60. The van der Waals surface area contributed by atoms with Gasteiger partial charge in [0.15, 0.2) is 0 Å². The number of hydrogen-bond donors (Lipinski definition) is 1. The molecule has 0 saturated heterocycles. The smallest absolute Gasteiger partial charge is 0.0971 e. The van der Waals surface area contributed by atoms with Crippen molar-refractivity contribution in [3.8, 4) is 0 Å². The molecular formula is C13H24N2. The highest BCUT2D eigenvalue weighted by Gasteiger charge is 2.23. The second-order valence-corrected chi connectivity index (χ2v) is 5.36. The Labute approximate surface area is 93.3 Å². The van der Waals surface area contributed by atoms with E-state index in [-0.39, 0.29) is 0 Å². The van der Waals surface area contributed by atoms with E-state index in [2.05, 4.69) is 6.92 Å². The van der Waals surface area contributed by atoms with Crippen LogP contribution in [0.5, 0.6) is 0 Å². The van der Waals surface area contributed by atoms with Crippen molar-refractivity contribution in [2.45, 2.75) is 64.3 Å². The molecule has 0 amide bonds. The fourth-order valence-corrected chi connectivity index (χ4v) is 3.01. The molecule has 0 heterocycles. The second kappa shape index (κ2) is 5.00. The largest absolute Gasteiger partial charge is 0.387 e. The average Bonchev–Trinajstić information content (AvgIpc) is 2.74. The highest BCUT2D eigenvalue weighted by molar-refractivity contribution is 5.83. The van der Waals surface area contributed by atoms with E-state index in [1.165, 1.54) is 51.4 Å². The Hall–Kier alpha value is -0.530. The van der Waals surface area contributed by atoms with E-state index in [0.717, 1.165) is 11.8 Å². The number of hydrogen-bond acceptors (Lipinski definition) is 1. The van der Waals surface area contributed by atoms with Gasteiger partial charge in [0.1, 0.15) is 0 Å². The summed E-state index contributed by atoms with van der Waals surface area (Å²) in [5.74, 6) is 2.32. The molecule has 2 nitrogen and oxygen atoms in total. The molecule has 0 aliphatic heterocycles. The standard InChI is InChI=1S/C13H24N2/c1-10-6-2-5-9-12(10)15-13(14)11-7-3-4-8-11/h10-12H,2-9H2,1H3,(H2,14,15). The average molecular weight is 208 g/mol. The molecular weight excluding hydrogens is 184 g/mol. The highest BCUT2D eigenvalue weighted by Crippen LogP contribution is 2.29. The van der Waals surface area contributed by atoms with Gasteiger partial charge in [0.2, 0.25) is 0 Å². The molecule has 0 spiro atoms. The van der Waals surface area contributed by atoms with Crippen LogP contribution in [0.1, 0.15) is 58.3 Å². The third kappa shape index (κ3) is 2.73. The molecule has 2 unspecified atom stereocenters. The van der Waals surface area contributed by atoms with Gasteiger partial charge in [-0.2, -0.15) is 0 Å². The highest BCUT2D eigenvalue weighted by atomic mass is 14.9. The van der Waals surface area contributed by atoms with Crippen molar-refractivity contribution in [1.82, 2.24) is 0 Å². The molecule has 15 heavy (non-hydrogen) atoms. The lowest BCUT2D eigenvalue weighted by Gasteiger charge is -2.26. The monoisotopic (exact) mass is 208 g/mol. The molecule has 2 N–H and O–H groups in total. The van der Waals surface area contributed by atoms with Crippen LogP contribution >= 0.6 is 0 Å². The summed E-state index contributed by atoms with van der Waals surface area (Å²) in [7, 11) is 0. The molecule has 2 aliphatic rings. The van der Waals surface area contributed by atoms with Crippen LogP contribution in [0.3, 0.4) is 0 Å². The number of amidine groups is 1. The molecule has 0 aromatic heterocycles. The number of aliphatic imine (C=N–C) groups is 1. The summed E-state index contributed by atoms with van der Waals surface area (Å²) in [5, 5.41) is 0. The Morgan fingerprint density at radius 3 is 2.27 bits per heavy atom. The van der Waals surface area contributed by atoms with Gasteiger partial charge in [-0.3, -0.25) is 4.99 Å². The summed E-state index contributed by atoms with van der Waals surface area (Å²) in [4.78, 5) is 4.79. The van der Waals surface area contributed by atoms with Gasteiger partial charge in [0.05, 0.1) is 11.9 Å². The van der Waals surface area contributed by atoms with Crippen LogP contribution in [0.25, 0.3) is 0 Å². The van der Waals surface area contributed by atoms with Gasteiger partial charge in [-0.25, -0.2) is 0 Å². The van der Waals surface area contributed by atoms with Gasteiger partial charge in [-0.15, -0.1) is 0 Å². The van der Waals surface area contributed by atoms with Gasteiger partial charge in [0.25, 0.3) is 0 Å². The summed E-state index contributed by atoms with van der Waals surface area (Å²) < 4.78 is 0. The lowest BCUT2D eigenvalue weighted by molar-refractivity contribution is 0.331. The van der Waals surface area contributed by atoms with E-state index >= 15 is 0 Å². The van der Waals surface area contributed by atoms with Crippen molar-refractivity contribution in [2.24, 2.45) is 22.6 Å². The molecule has 0 bridgehead atoms. The summed E-state index contributed by atoms with van der Waals surface area (Å²) in [6.45, 7) is 2.33. The molecule has 2 rings (SSSR count). The quantitative estimate of drug-likeness (QED) is 0.549. The van der Waals surface area contributed by atoms with E-state index in [4.69, 9.17) is 10.7 Å². The van der Waals surface area contributed by atoms with Crippen LogP contribution < -0.4 is 5.73 Å². The topological polar surface area (TPSA) is 38.4 Å². The Morgan fingerprint density at radius 2 is 1.60 bits per heavy atom. The van der Waals surface area contributed by atoms with E-state index in [9.17, 15) is 0 Å². The molecule has 86 valence electrons. The number of nitrogens with zero attached hydrogens (tertiary/aromatic N) is 1. The summed E-state index contributed by atoms with van der Waals surface area (Å²) in [5.41, 5.74) is 6.12. The Kier molecular flexibility index (Phi) is 3.66. The predicted octanol–water partition coefficient (Wildman–Crippen LogP) is 3.11. The molecule has 0 aromatic carbocycles. The zero-order chi connectivity index (χ0) is 10.7. The third-order valence-corrected chi connectivity index (χ3v) is 4.15. The Bertz CT molecular complexity index is 229. The third-order valence-electron chi connectivity index (χ3n) is 4.15. The van der Waals surface area contributed by atoms with Gasteiger partial charge >= 0.3 is 0 Å². The van der Waals surface area contributed by atoms with Crippen LogP contribution in [-0.2, 0) is 0 Å². The molecule has 2 atom stereocenters. The van der Waals surface area contributed by atoms with Gasteiger partial charge in [-0.05, 0) is 31.6 Å². The van der Waals surface area contributed by atoms with Crippen LogP contribution in [0.4, 0.5) is 0 Å². The maximum atomic E-state index is 6.12. The molecule has 2 fully saturated rings. The first kappa shape index (κ1) is 11.0. The molecule has 0 aromatic rings. The van der Waals surface area contributed by atoms with Crippen molar-refractivity contribution in [3.63, 3.8) is 0 Å². The minimum Gasteiger partial charge on any atom is -0.387 e. The van der Waals surface area contributed by atoms with Crippen molar-refractivity contribution < 1.29 is 0 Å². The lowest BCUT2D eigenvalue weighted by Crippen LogP contribution is -2.28. The summed E-state index contributed by atoms with van der Waals surface area (Å²) >= 11 is 0. The van der Waals surface area contributed by atoms with Crippen molar-refractivity contribution in [2.75, 3.05) is 0 Å². The van der Waals surface area contributed by atoms with Gasteiger partial charge in [-0.1, -0.05) is 32.6 Å². The van der Waals surface area contributed by atoms with Crippen LogP contribution in [0.15, 0.2) is 4.99 Å². The first-order valence-corrected chi connectivity index (χ1v) is 6.60. The molecule has 2 aliphatic carbocycles. The maximum Gasteiger partial charge on any atom is 0.0971 e. The lowest BCUT2D eigenvalue weighted by atomic mass is 9.86. The fourth-order valence-electron chi connectivity index (χ4n) is 3.01. The minimum atomic E-state index is 0.527. The number of rotatable bonds is 2. The van der Waals surface area contributed by atoms with Crippen LogP contribution in [0, 0.1) is 11.8 Å². The SMILES string of the molecule is CC1CCCCC1N=C(N)C1CCCC1. The Morgan fingerprint density at radius 1 is 1.00 bits per heavy atom. The normalized spacial score (nSPS) is 34.6.